The van der Waals surface area contributed by atoms with E-state index < -0.39 is 0 Å². The van der Waals surface area contributed by atoms with Crippen molar-refractivity contribution in [2.45, 2.75) is 44.8 Å². The van der Waals surface area contributed by atoms with Crippen molar-refractivity contribution in [1.29, 1.82) is 0 Å². The number of hydrogen-bond acceptors (Lipinski definition) is 4. The Morgan fingerprint density at radius 1 is 1.26 bits per heavy atom. The quantitative estimate of drug-likeness (QED) is 0.587. The topological polar surface area (TPSA) is 49.9 Å². The summed E-state index contributed by atoms with van der Waals surface area (Å²) >= 11 is 14.4. The molecule has 0 spiro atoms. The lowest BCUT2D eigenvalue weighted by Crippen LogP contribution is -2.48. The van der Waals surface area contributed by atoms with Crippen LogP contribution in [0.3, 0.4) is 0 Å². The predicted molar refractivity (Wildman–Crippen MR) is 124 cm³/mol. The molecule has 2 aliphatic rings. The molecular weight excluding hydrogens is 455 g/mol. The lowest BCUT2D eigenvalue weighted by atomic mass is 9.93. The molecule has 1 aromatic heterocycles. The maximum atomic E-state index is 13.5. The standard InChI is InChI=1S/C23H26Cl2N2O3S/c1-2-21(28)26(13-16-4-3-10-30-16)14-22(29)27-9-7-20-18(8-11-31-20)23(27)17-6-5-15(24)12-19(17)25/h5-6,8,11-12,16,23H,2-4,7,9-10,13-14H2,1H3. The van der Waals surface area contributed by atoms with Crippen molar-refractivity contribution in [2.24, 2.45) is 0 Å². The number of benzene rings is 1. The van der Waals surface area contributed by atoms with Crippen LogP contribution < -0.4 is 0 Å². The van der Waals surface area contributed by atoms with Gasteiger partial charge in [-0.25, -0.2) is 0 Å². The molecule has 2 aliphatic heterocycles. The Hall–Kier alpha value is -1.60. The maximum Gasteiger partial charge on any atom is 0.242 e. The summed E-state index contributed by atoms with van der Waals surface area (Å²) in [6.07, 6.45) is 3.09. The molecule has 2 amide bonds. The summed E-state index contributed by atoms with van der Waals surface area (Å²) in [5.74, 6) is -0.106. The summed E-state index contributed by atoms with van der Waals surface area (Å²) in [5, 5.41) is 3.15. The molecule has 0 bridgehead atoms. The van der Waals surface area contributed by atoms with Gasteiger partial charge >= 0.3 is 0 Å². The van der Waals surface area contributed by atoms with Crippen molar-refractivity contribution < 1.29 is 14.3 Å². The van der Waals surface area contributed by atoms with E-state index >= 15 is 0 Å². The Morgan fingerprint density at radius 3 is 2.81 bits per heavy atom. The molecule has 2 aromatic rings. The van der Waals surface area contributed by atoms with Crippen LogP contribution in [0.15, 0.2) is 29.6 Å². The Labute approximate surface area is 196 Å². The monoisotopic (exact) mass is 480 g/mol. The van der Waals surface area contributed by atoms with Crippen molar-refractivity contribution in [2.75, 3.05) is 26.2 Å². The first-order valence-corrected chi connectivity index (χ1v) is 12.3. The normalized spacial score (nSPS) is 20.5. The smallest absolute Gasteiger partial charge is 0.242 e. The molecule has 1 saturated heterocycles. The van der Waals surface area contributed by atoms with Crippen LogP contribution in [0.25, 0.3) is 0 Å². The fraction of sp³-hybridized carbons (Fsp3) is 0.478. The first-order chi connectivity index (χ1) is 15.0. The van der Waals surface area contributed by atoms with E-state index in [1.807, 2.05) is 17.9 Å². The second kappa shape index (κ2) is 9.90. The van der Waals surface area contributed by atoms with Gasteiger partial charge in [0, 0.05) is 41.0 Å². The zero-order chi connectivity index (χ0) is 22.0. The molecule has 166 valence electrons. The first kappa shape index (κ1) is 22.6. The van der Waals surface area contributed by atoms with Crippen molar-refractivity contribution in [3.8, 4) is 0 Å². The largest absolute Gasteiger partial charge is 0.376 e. The molecule has 1 aromatic carbocycles. The highest BCUT2D eigenvalue weighted by Gasteiger charge is 2.35. The van der Waals surface area contributed by atoms with Gasteiger partial charge in [-0.1, -0.05) is 36.2 Å². The predicted octanol–water partition coefficient (Wildman–Crippen LogP) is 4.95. The zero-order valence-corrected chi connectivity index (χ0v) is 19.8. The molecule has 0 saturated carbocycles. The van der Waals surface area contributed by atoms with Crippen molar-refractivity contribution in [3.05, 3.63) is 55.7 Å². The highest BCUT2D eigenvalue weighted by atomic mass is 35.5. The molecule has 31 heavy (non-hydrogen) atoms. The summed E-state index contributed by atoms with van der Waals surface area (Å²) in [4.78, 5) is 30.9. The van der Waals surface area contributed by atoms with Crippen LogP contribution in [0.2, 0.25) is 10.0 Å². The van der Waals surface area contributed by atoms with E-state index in [4.69, 9.17) is 27.9 Å². The highest BCUT2D eigenvalue weighted by molar-refractivity contribution is 7.10. The number of amides is 2. The van der Waals surface area contributed by atoms with Crippen molar-refractivity contribution in [1.82, 2.24) is 9.80 Å². The third kappa shape index (κ3) is 4.92. The van der Waals surface area contributed by atoms with Gasteiger partial charge in [0.1, 0.15) is 0 Å². The second-order valence-electron chi connectivity index (χ2n) is 7.97. The molecule has 0 aliphatic carbocycles. The van der Waals surface area contributed by atoms with Gasteiger partial charge in [0.15, 0.2) is 0 Å². The maximum absolute atomic E-state index is 13.5. The van der Waals surface area contributed by atoms with Crippen molar-refractivity contribution in [3.63, 3.8) is 0 Å². The van der Waals surface area contributed by atoms with E-state index in [9.17, 15) is 9.59 Å². The summed E-state index contributed by atoms with van der Waals surface area (Å²) in [7, 11) is 0. The van der Waals surface area contributed by atoms with E-state index in [1.165, 1.54) is 4.88 Å². The molecule has 0 N–H and O–H groups in total. The lowest BCUT2D eigenvalue weighted by Gasteiger charge is -2.38. The van der Waals surface area contributed by atoms with Gasteiger partial charge in [0.2, 0.25) is 11.8 Å². The van der Waals surface area contributed by atoms with Gasteiger partial charge in [-0.15, -0.1) is 11.3 Å². The molecule has 5 nitrogen and oxygen atoms in total. The van der Waals surface area contributed by atoms with Gasteiger partial charge in [-0.2, -0.15) is 0 Å². The summed E-state index contributed by atoms with van der Waals surface area (Å²) < 4.78 is 5.71. The van der Waals surface area contributed by atoms with E-state index in [0.717, 1.165) is 37.0 Å². The number of ether oxygens (including phenoxy) is 1. The van der Waals surface area contributed by atoms with E-state index in [1.54, 1.807) is 28.4 Å². The zero-order valence-electron chi connectivity index (χ0n) is 17.5. The van der Waals surface area contributed by atoms with Crippen LogP contribution >= 0.6 is 34.5 Å². The molecule has 2 atom stereocenters. The van der Waals surface area contributed by atoms with Crippen LogP contribution in [0.5, 0.6) is 0 Å². The van der Waals surface area contributed by atoms with Crippen molar-refractivity contribution >= 4 is 46.4 Å². The Balaban J connectivity index is 1.61. The Morgan fingerprint density at radius 2 is 2.10 bits per heavy atom. The molecule has 3 heterocycles. The number of nitrogens with zero attached hydrogens (tertiary/aromatic N) is 2. The third-order valence-corrected chi connectivity index (χ3v) is 7.53. The molecule has 0 radical (unpaired) electrons. The number of carbonyl (C=O) groups excluding carboxylic acids is 2. The first-order valence-electron chi connectivity index (χ1n) is 10.7. The third-order valence-electron chi connectivity index (χ3n) is 5.97. The van der Waals surface area contributed by atoms with Crippen LogP contribution in [-0.4, -0.2) is 54.0 Å². The van der Waals surface area contributed by atoms with Crippen LogP contribution in [0, 0.1) is 0 Å². The van der Waals surface area contributed by atoms with Crippen LogP contribution in [-0.2, 0) is 20.7 Å². The van der Waals surface area contributed by atoms with Crippen LogP contribution in [0.1, 0.15) is 48.2 Å². The Kier molecular flexibility index (Phi) is 7.22. The average Bonchev–Trinajstić information content (AvgIpc) is 3.44. The number of fused-ring (bicyclic) bond motifs is 1. The molecular formula is C23H26Cl2N2O3S. The second-order valence-corrected chi connectivity index (χ2v) is 9.81. The lowest BCUT2D eigenvalue weighted by molar-refractivity contribution is -0.142. The molecule has 2 unspecified atom stereocenters. The molecule has 1 fully saturated rings. The van der Waals surface area contributed by atoms with Gasteiger partial charge in [0.25, 0.3) is 0 Å². The SMILES string of the molecule is CCC(=O)N(CC(=O)N1CCc2sccc2C1c1ccc(Cl)cc1Cl)CC1CCCO1. The van der Waals surface area contributed by atoms with Gasteiger partial charge in [-0.05, 0) is 54.0 Å². The van der Waals surface area contributed by atoms with E-state index in [2.05, 4.69) is 11.4 Å². The van der Waals surface area contributed by atoms with Gasteiger partial charge in [0.05, 0.1) is 18.7 Å². The van der Waals surface area contributed by atoms with Gasteiger partial charge < -0.3 is 14.5 Å². The number of rotatable bonds is 6. The summed E-state index contributed by atoms with van der Waals surface area (Å²) in [6.45, 7) is 3.64. The van der Waals surface area contributed by atoms with Gasteiger partial charge in [-0.3, -0.25) is 9.59 Å². The average molecular weight is 481 g/mol. The number of halogens is 2. The highest BCUT2D eigenvalue weighted by Crippen LogP contribution is 2.41. The Bertz CT molecular complexity index is 958. The summed E-state index contributed by atoms with van der Waals surface area (Å²) in [6, 6.07) is 7.19. The minimum absolute atomic E-state index is 0.00892. The minimum atomic E-state index is -0.284. The van der Waals surface area contributed by atoms with E-state index in [0.29, 0.717) is 29.6 Å². The number of hydrogen-bond donors (Lipinski definition) is 0. The fourth-order valence-electron chi connectivity index (χ4n) is 4.41. The fourth-order valence-corrected chi connectivity index (χ4v) is 5.83. The number of carbonyl (C=O) groups is 2. The molecule has 8 heteroatoms. The van der Waals surface area contributed by atoms with E-state index in [-0.39, 0.29) is 30.5 Å². The van der Waals surface area contributed by atoms with Crippen LogP contribution in [0.4, 0.5) is 0 Å². The summed E-state index contributed by atoms with van der Waals surface area (Å²) in [5.41, 5.74) is 1.95. The molecule has 4 rings (SSSR count). The minimum Gasteiger partial charge on any atom is -0.376 e. The number of thiophene rings is 1.